The summed E-state index contributed by atoms with van der Waals surface area (Å²) in [6.07, 6.45) is 2.57. The Balaban J connectivity index is 1.70. The minimum Gasteiger partial charge on any atom is -0.351 e. The summed E-state index contributed by atoms with van der Waals surface area (Å²) in [4.78, 5) is 21.8. The van der Waals surface area contributed by atoms with Crippen molar-refractivity contribution in [2.45, 2.75) is 20.3 Å². The first-order valence-corrected chi connectivity index (χ1v) is 8.54. The van der Waals surface area contributed by atoms with E-state index in [0.29, 0.717) is 5.92 Å². The molecule has 6 heteroatoms. The number of carbonyl (C=O) groups is 1. The van der Waals surface area contributed by atoms with Crippen molar-refractivity contribution in [3.05, 3.63) is 16.1 Å². The zero-order valence-corrected chi connectivity index (χ0v) is 14.1. The fourth-order valence-electron chi connectivity index (χ4n) is 2.47. The highest BCUT2D eigenvalue weighted by molar-refractivity contribution is 7.13. The van der Waals surface area contributed by atoms with E-state index in [1.165, 1.54) is 11.3 Å². The van der Waals surface area contributed by atoms with Gasteiger partial charge in [-0.3, -0.25) is 4.79 Å². The normalized spacial score (nSPS) is 18.6. The molecule has 1 saturated heterocycles. The standard InChI is InChI=1S/C15H26N4OS/c1-4-14-16-10-13(21-14)15(20)17-9-12(2)11-19-7-5-18(3)6-8-19/h10,12H,4-9,11H2,1-3H3,(H,17,20). The molecule has 0 aromatic carbocycles. The van der Waals surface area contributed by atoms with E-state index in [1.54, 1.807) is 6.20 Å². The first-order valence-electron chi connectivity index (χ1n) is 7.72. The van der Waals surface area contributed by atoms with Gasteiger partial charge < -0.3 is 15.1 Å². The van der Waals surface area contributed by atoms with Gasteiger partial charge in [0.2, 0.25) is 0 Å². The van der Waals surface area contributed by atoms with Gasteiger partial charge in [-0.15, -0.1) is 11.3 Å². The number of nitrogens with one attached hydrogen (secondary N) is 1. The number of likely N-dealkylation sites (N-methyl/N-ethyl adjacent to an activating group) is 1. The fraction of sp³-hybridized carbons (Fsp3) is 0.733. The third-order valence-electron chi connectivity index (χ3n) is 3.86. The summed E-state index contributed by atoms with van der Waals surface area (Å²) < 4.78 is 0. The quantitative estimate of drug-likeness (QED) is 0.861. The Labute approximate surface area is 131 Å². The number of rotatable bonds is 6. The maximum atomic E-state index is 12.1. The van der Waals surface area contributed by atoms with Gasteiger partial charge in [-0.25, -0.2) is 4.98 Å². The van der Waals surface area contributed by atoms with Crippen molar-refractivity contribution in [3.8, 4) is 0 Å². The lowest BCUT2D eigenvalue weighted by Crippen LogP contribution is -2.46. The molecule has 1 aliphatic rings. The largest absolute Gasteiger partial charge is 0.351 e. The molecule has 2 rings (SSSR count). The Morgan fingerprint density at radius 3 is 2.76 bits per heavy atom. The van der Waals surface area contributed by atoms with Crippen molar-refractivity contribution in [1.29, 1.82) is 0 Å². The molecule has 1 atom stereocenters. The highest BCUT2D eigenvalue weighted by Gasteiger charge is 2.17. The molecule has 1 unspecified atom stereocenters. The van der Waals surface area contributed by atoms with Crippen LogP contribution in [0.3, 0.4) is 0 Å². The SMILES string of the molecule is CCc1ncc(C(=O)NCC(C)CN2CCN(C)CC2)s1. The van der Waals surface area contributed by atoms with Crippen LogP contribution in [-0.4, -0.2) is 67.0 Å². The summed E-state index contributed by atoms with van der Waals surface area (Å²) in [6, 6.07) is 0. The van der Waals surface area contributed by atoms with Crippen molar-refractivity contribution in [1.82, 2.24) is 20.1 Å². The van der Waals surface area contributed by atoms with Gasteiger partial charge >= 0.3 is 0 Å². The minimum absolute atomic E-state index is 0.0115. The average molecular weight is 310 g/mol. The van der Waals surface area contributed by atoms with Crippen LogP contribution in [0.15, 0.2) is 6.20 Å². The molecule has 0 bridgehead atoms. The Hall–Kier alpha value is -0.980. The summed E-state index contributed by atoms with van der Waals surface area (Å²) in [7, 11) is 2.17. The van der Waals surface area contributed by atoms with Gasteiger partial charge in [0.15, 0.2) is 0 Å². The number of piperazine rings is 1. The molecule has 1 N–H and O–H groups in total. The maximum absolute atomic E-state index is 12.1. The zero-order chi connectivity index (χ0) is 15.2. The predicted molar refractivity (Wildman–Crippen MR) is 86.9 cm³/mol. The molecule has 0 saturated carbocycles. The van der Waals surface area contributed by atoms with Gasteiger partial charge in [-0.1, -0.05) is 13.8 Å². The van der Waals surface area contributed by atoms with Crippen LogP contribution >= 0.6 is 11.3 Å². The number of amides is 1. The fourth-order valence-corrected chi connectivity index (χ4v) is 3.24. The van der Waals surface area contributed by atoms with Crippen LogP contribution in [0.2, 0.25) is 0 Å². The van der Waals surface area contributed by atoms with Crippen molar-refractivity contribution in [2.75, 3.05) is 46.3 Å². The van der Waals surface area contributed by atoms with Crippen LogP contribution in [-0.2, 0) is 6.42 Å². The smallest absolute Gasteiger partial charge is 0.263 e. The van der Waals surface area contributed by atoms with E-state index in [0.717, 1.165) is 55.6 Å². The number of aromatic nitrogens is 1. The third-order valence-corrected chi connectivity index (χ3v) is 5.00. The zero-order valence-electron chi connectivity index (χ0n) is 13.3. The van der Waals surface area contributed by atoms with Gasteiger partial charge in [0.1, 0.15) is 4.88 Å². The van der Waals surface area contributed by atoms with Gasteiger partial charge in [0.25, 0.3) is 5.91 Å². The number of thiazole rings is 1. The second-order valence-electron chi connectivity index (χ2n) is 5.89. The topological polar surface area (TPSA) is 48.5 Å². The summed E-state index contributed by atoms with van der Waals surface area (Å²) in [5.41, 5.74) is 0. The predicted octanol–water partition coefficient (Wildman–Crippen LogP) is 1.32. The Bertz CT molecular complexity index is 454. The Kier molecular flexibility index (Phi) is 6.14. The summed E-state index contributed by atoms with van der Waals surface area (Å²) in [5.74, 6) is 0.480. The second-order valence-corrected chi connectivity index (χ2v) is 7.01. The lowest BCUT2D eigenvalue weighted by Gasteiger charge is -2.33. The van der Waals surface area contributed by atoms with Crippen LogP contribution in [0.4, 0.5) is 0 Å². The van der Waals surface area contributed by atoms with E-state index in [2.05, 4.69) is 41.0 Å². The molecule has 118 valence electrons. The van der Waals surface area contributed by atoms with Gasteiger partial charge in [0.05, 0.1) is 11.2 Å². The van der Waals surface area contributed by atoms with Crippen molar-refractivity contribution in [3.63, 3.8) is 0 Å². The molecule has 2 heterocycles. The molecule has 0 aliphatic carbocycles. The van der Waals surface area contributed by atoms with E-state index in [1.807, 2.05) is 0 Å². The minimum atomic E-state index is 0.0115. The van der Waals surface area contributed by atoms with Crippen LogP contribution in [0, 0.1) is 5.92 Å². The molecule has 5 nitrogen and oxygen atoms in total. The van der Waals surface area contributed by atoms with E-state index in [4.69, 9.17) is 0 Å². The molecular formula is C15H26N4OS. The van der Waals surface area contributed by atoms with Crippen LogP contribution in [0.25, 0.3) is 0 Å². The molecule has 1 amide bonds. The molecule has 1 fully saturated rings. The van der Waals surface area contributed by atoms with Crippen LogP contribution in [0.1, 0.15) is 28.5 Å². The molecule has 1 aromatic heterocycles. The maximum Gasteiger partial charge on any atom is 0.263 e. The number of hydrogen-bond acceptors (Lipinski definition) is 5. The first kappa shape index (κ1) is 16.4. The Morgan fingerprint density at radius 1 is 1.43 bits per heavy atom. The van der Waals surface area contributed by atoms with Gasteiger partial charge in [0, 0.05) is 39.3 Å². The molecule has 0 radical (unpaired) electrons. The molecule has 0 spiro atoms. The summed E-state index contributed by atoms with van der Waals surface area (Å²) in [5, 5.41) is 4.05. The number of aryl methyl sites for hydroxylation is 1. The molecule has 1 aromatic rings. The number of carbonyl (C=O) groups excluding carboxylic acids is 1. The molecule has 21 heavy (non-hydrogen) atoms. The molecule has 1 aliphatic heterocycles. The van der Waals surface area contributed by atoms with Crippen molar-refractivity contribution in [2.24, 2.45) is 5.92 Å². The highest BCUT2D eigenvalue weighted by atomic mass is 32.1. The summed E-state index contributed by atoms with van der Waals surface area (Å²) in [6.45, 7) is 10.6. The second kappa shape index (κ2) is 7.87. The van der Waals surface area contributed by atoms with Crippen LogP contribution in [0.5, 0.6) is 0 Å². The van der Waals surface area contributed by atoms with Crippen molar-refractivity contribution >= 4 is 17.2 Å². The van der Waals surface area contributed by atoms with Crippen molar-refractivity contribution < 1.29 is 4.79 Å². The first-order chi connectivity index (χ1) is 10.1. The van der Waals surface area contributed by atoms with E-state index < -0.39 is 0 Å². The Morgan fingerprint density at radius 2 is 2.14 bits per heavy atom. The third kappa shape index (κ3) is 5.05. The van der Waals surface area contributed by atoms with E-state index in [-0.39, 0.29) is 5.91 Å². The number of nitrogens with zero attached hydrogens (tertiary/aromatic N) is 3. The van der Waals surface area contributed by atoms with Gasteiger partial charge in [-0.05, 0) is 19.4 Å². The number of hydrogen-bond donors (Lipinski definition) is 1. The van der Waals surface area contributed by atoms with Crippen LogP contribution < -0.4 is 5.32 Å². The van der Waals surface area contributed by atoms with E-state index >= 15 is 0 Å². The van der Waals surface area contributed by atoms with Gasteiger partial charge in [-0.2, -0.15) is 0 Å². The average Bonchev–Trinajstić information content (AvgIpc) is 2.96. The lowest BCUT2D eigenvalue weighted by molar-refractivity contribution is 0.0941. The highest BCUT2D eigenvalue weighted by Crippen LogP contribution is 2.13. The van der Waals surface area contributed by atoms with E-state index in [9.17, 15) is 4.79 Å². The monoisotopic (exact) mass is 310 g/mol. The molecular weight excluding hydrogens is 284 g/mol. The lowest BCUT2D eigenvalue weighted by atomic mass is 10.1. The summed E-state index contributed by atoms with van der Waals surface area (Å²) >= 11 is 1.49.